The third kappa shape index (κ3) is 3.25. The number of ether oxygens (including phenoxy) is 1. The number of esters is 1. The van der Waals surface area contributed by atoms with Gasteiger partial charge in [-0.3, -0.25) is 4.79 Å². The molecule has 3 heteroatoms. The summed E-state index contributed by atoms with van der Waals surface area (Å²) in [5.74, 6) is 0.675. The van der Waals surface area contributed by atoms with E-state index in [1.165, 1.54) is 16.7 Å². The number of rotatable bonds is 3. The topological polar surface area (TPSA) is 46.5 Å². The van der Waals surface area contributed by atoms with Crippen molar-refractivity contribution in [3.05, 3.63) is 41.0 Å². The number of aliphatic hydroxyl groups excluding tert-OH is 1. The first-order valence-corrected chi connectivity index (χ1v) is 8.19. The molecule has 0 saturated carbocycles. The van der Waals surface area contributed by atoms with Crippen molar-refractivity contribution in [3.63, 3.8) is 0 Å². The minimum atomic E-state index is -0.537. The lowest BCUT2D eigenvalue weighted by atomic mass is 9.77. The van der Waals surface area contributed by atoms with Crippen molar-refractivity contribution in [2.24, 2.45) is 5.92 Å². The smallest absolute Gasteiger partial charge is 0.308 e. The van der Waals surface area contributed by atoms with Crippen LogP contribution in [0.4, 0.5) is 0 Å². The highest BCUT2D eigenvalue weighted by Crippen LogP contribution is 2.38. The van der Waals surface area contributed by atoms with Gasteiger partial charge >= 0.3 is 5.97 Å². The molecule has 1 saturated heterocycles. The van der Waals surface area contributed by atoms with Crippen LogP contribution in [-0.4, -0.2) is 23.3 Å². The first-order valence-electron chi connectivity index (χ1n) is 8.19. The van der Waals surface area contributed by atoms with Crippen LogP contribution in [0.25, 0.3) is 6.08 Å². The van der Waals surface area contributed by atoms with Crippen LogP contribution in [0.5, 0.6) is 0 Å². The third-order valence-electron chi connectivity index (χ3n) is 4.89. The molecule has 1 aromatic carbocycles. The zero-order valence-corrected chi connectivity index (χ0v) is 13.3. The molecule has 1 aliphatic carbocycles. The number of allylic oxidation sites excluding steroid dienone is 1. The van der Waals surface area contributed by atoms with Crippen LogP contribution in [0.2, 0.25) is 0 Å². The van der Waals surface area contributed by atoms with Gasteiger partial charge in [-0.2, -0.15) is 0 Å². The van der Waals surface area contributed by atoms with Crippen LogP contribution in [-0.2, 0) is 9.53 Å². The van der Waals surface area contributed by atoms with E-state index in [2.05, 4.69) is 44.2 Å². The fraction of sp³-hybridized carbons (Fsp3) is 0.526. The predicted octanol–water partition coefficient (Wildman–Crippen LogP) is 3.59. The van der Waals surface area contributed by atoms with Gasteiger partial charge in [0.15, 0.2) is 0 Å². The Balaban J connectivity index is 1.70. The molecule has 1 fully saturated rings. The highest BCUT2D eigenvalue weighted by Gasteiger charge is 2.29. The Labute approximate surface area is 132 Å². The van der Waals surface area contributed by atoms with Gasteiger partial charge in [0, 0.05) is 6.42 Å². The molecular formula is C19H24O3. The van der Waals surface area contributed by atoms with Gasteiger partial charge in [0.05, 0.1) is 12.5 Å². The summed E-state index contributed by atoms with van der Waals surface area (Å²) in [5.41, 5.74) is 3.98. The summed E-state index contributed by atoms with van der Waals surface area (Å²) in [6.45, 7) is 4.36. The number of hydrogen-bond donors (Lipinski definition) is 1. The Kier molecular flexibility index (Phi) is 4.34. The monoisotopic (exact) mass is 300 g/mol. The third-order valence-corrected chi connectivity index (χ3v) is 4.89. The molecule has 3 rings (SSSR count). The molecule has 0 bridgehead atoms. The van der Waals surface area contributed by atoms with Crippen molar-refractivity contribution in [2.75, 3.05) is 0 Å². The molecule has 0 unspecified atom stereocenters. The number of aliphatic hydroxyl groups is 1. The highest BCUT2D eigenvalue weighted by atomic mass is 16.5. The summed E-state index contributed by atoms with van der Waals surface area (Å²) >= 11 is 0. The van der Waals surface area contributed by atoms with Gasteiger partial charge in [0.2, 0.25) is 0 Å². The minimum Gasteiger partial charge on any atom is -0.462 e. The van der Waals surface area contributed by atoms with Crippen molar-refractivity contribution >= 4 is 12.0 Å². The summed E-state index contributed by atoms with van der Waals surface area (Å²) in [7, 11) is 0. The highest BCUT2D eigenvalue weighted by molar-refractivity contribution is 5.71. The van der Waals surface area contributed by atoms with E-state index in [-0.39, 0.29) is 18.5 Å². The van der Waals surface area contributed by atoms with Crippen molar-refractivity contribution in [1.82, 2.24) is 0 Å². The van der Waals surface area contributed by atoms with Crippen LogP contribution in [0, 0.1) is 12.8 Å². The van der Waals surface area contributed by atoms with E-state index in [4.69, 9.17) is 4.74 Å². The van der Waals surface area contributed by atoms with E-state index in [0.717, 1.165) is 12.8 Å². The lowest BCUT2D eigenvalue weighted by Gasteiger charge is -2.31. The zero-order chi connectivity index (χ0) is 15.7. The summed E-state index contributed by atoms with van der Waals surface area (Å²) in [4.78, 5) is 11.4. The van der Waals surface area contributed by atoms with Crippen molar-refractivity contribution in [3.8, 4) is 0 Å². The van der Waals surface area contributed by atoms with Gasteiger partial charge in [-0.15, -0.1) is 0 Å². The van der Waals surface area contributed by atoms with E-state index in [1.807, 2.05) is 0 Å². The average Bonchev–Trinajstić information content (AvgIpc) is 2.45. The number of carbonyl (C=O) groups is 1. The molecule has 3 nitrogen and oxygen atoms in total. The van der Waals surface area contributed by atoms with Crippen molar-refractivity contribution in [2.45, 2.75) is 57.7 Å². The zero-order valence-electron chi connectivity index (χ0n) is 13.3. The molecule has 1 N–H and O–H groups in total. The maximum absolute atomic E-state index is 11.4. The molecule has 0 aromatic heterocycles. The molecule has 118 valence electrons. The number of benzene rings is 1. The molecule has 0 amide bonds. The SMILES string of the molecule is Cc1ccc2c(c1)C=C[C@H](C)[C@@H]2CC[C@@H]1C[C@@H](O)CC(=O)O1. The molecule has 0 radical (unpaired) electrons. The average molecular weight is 300 g/mol. The second-order valence-electron chi connectivity index (χ2n) is 6.74. The molecule has 0 spiro atoms. The standard InChI is InChI=1S/C19H24O3/c1-12-3-7-18-14(9-12)5-4-13(2)17(18)8-6-16-10-15(20)11-19(21)22-16/h3-5,7,9,13,15-17,20H,6,8,10-11H2,1-2H3/t13-,15+,16+,17-/m0/s1. The fourth-order valence-electron chi connectivity index (χ4n) is 3.67. The molecular weight excluding hydrogens is 276 g/mol. The second-order valence-corrected chi connectivity index (χ2v) is 6.74. The normalized spacial score (nSPS) is 30.8. The van der Waals surface area contributed by atoms with E-state index in [0.29, 0.717) is 18.3 Å². The Bertz CT molecular complexity index is 590. The van der Waals surface area contributed by atoms with Crippen LogP contribution in [0.15, 0.2) is 24.3 Å². The lowest BCUT2D eigenvalue weighted by Crippen LogP contribution is -2.33. The maximum Gasteiger partial charge on any atom is 0.308 e. The summed E-state index contributed by atoms with van der Waals surface area (Å²) in [5, 5.41) is 9.72. The predicted molar refractivity (Wildman–Crippen MR) is 86.5 cm³/mol. The van der Waals surface area contributed by atoms with Gasteiger partial charge in [-0.25, -0.2) is 0 Å². The summed E-state index contributed by atoms with van der Waals surface area (Å²) in [6, 6.07) is 6.63. The van der Waals surface area contributed by atoms with E-state index >= 15 is 0 Å². The van der Waals surface area contributed by atoms with E-state index in [1.54, 1.807) is 0 Å². The Hall–Kier alpha value is -1.61. The van der Waals surface area contributed by atoms with Gasteiger partial charge in [0.25, 0.3) is 0 Å². The Morgan fingerprint density at radius 3 is 2.91 bits per heavy atom. The second kappa shape index (κ2) is 6.25. The van der Waals surface area contributed by atoms with Gasteiger partial charge in [-0.1, -0.05) is 42.8 Å². The number of hydrogen-bond acceptors (Lipinski definition) is 3. The van der Waals surface area contributed by atoms with Crippen molar-refractivity contribution in [1.29, 1.82) is 0 Å². The van der Waals surface area contributed by atoms with E-state index in [9.17, 15) is 9.90 Å². The number of aryl methyl sites for hydroxylation is 1. The molecule has 1 heterocycles. The van der Waals surface area contributed by atoms with Crippen LogP contribution < -0.4 is 0 Å². The van der Waals surface area contributed by atoms with Crippen LogP contribution in [0.3, 0.4) is 0 Å². The Morgan fingerprint density at radius 2 is 2.14 bits per heavy atom. The van der Waals surface area contributed by atoms with Gasteiger partial charge in [0.1, 0.15) is 6.10 Å². The Morgan fingerprint density at radius 1 is 1.32 bits per heavy atom. The van der Waals surface area contributed by atoms with Crippen LogP contribution >= 0.6 is 0 Å². The van der Waals surface area contributed by atoms with Crippen molar-refractivity contribution < 1.29 is 14.6 Å². The molecule has 2 aliphatic rings. The largest absolute Gasteiger partial charge is 0.462 e. The molecule has 4 atom stereocenters. The van der Waals surface area contributed by atoms with Gasteiger partial charge < -0.3 is 9.84 Å². The summed E-state index contributed by atoms with van der Waals surface area (Å²) < 4.78 is 5.37. The van der Waals surface area contributed by atoms with E-state index < -0.39 is 6.10 Å². The molecule has 1 aliphatic heterocycles. The quantitative estimate of drug-likeness (QED) is 0.868. The maximum atomic E-state index is 11.4. The number of fused-ring (bicyclic) bond motifs is 1. The number of carbonyl (C=O) groups excluding carboxylic acids is 1. The number of cyclic esters (lactones) is 1. The lowest BCUT2D eigenvalue weighted by molar-refractivity contribution is -0.160. The van der Waals surface area contributed by atoms with Gasteiger partial charge in [-0.05, 0) is 42.7 Å². The first-order chi connectivity index (χ1) is 10.5. The molecule has 22 heavy (non-hydrogen) atoms. The summed E-state index contributed by atoms with van der Waals surface area (Å²) in [6.07, 6.45) is 6.32. The van der Waals surface area contributed by atoms with Crippen LogP contribution in [0.1, 0.15) is 55.2 Å². The fourth-order valence-corrected chi connectivity index (χ4v) is 3.67. The first kappa shape index (κ1) is 15.3. The minimum absolute atomic E-state index is 0.136. The molecule has 1 aromatic rings.